The second kappa shape index (κ2) is 11.2. The molecular weight excluding hydrogens is 486 g/mol. The smallest absolute Gasteiger partial charge is 0.253 e. The van der Waals surface area contributed by atoms with Crippen LogP contribution >= 0.6 is 0 Å². The zero-order chi connectivity index (χ0) is 26.7. The van der Waals surface area contributed by atoms with Crippen molar-refractivity contribution in [1.82, 2.24) is 9.62 Å². The van der Waals surface area contributed by atoms with Gasteiger partial charge in [-0.25, -0.2) is 8.42 Å². The standard InChI is InChI=1S/C29H41N3O4S/c1-28(2,3)15-13-25(33)21-23-11-9-22(10-12-23)14-20-37(35,36)32-18-16-29(17-19-32)27(34)30-26(31-29)24-7-5-4-6-8-24/h9-12,14,20,24H,4-8,13,15-19,21H2,1-3H3,(H,30,31,34)/b20-14+. The van der Waals surface area contributed by atoms with Crippen LogP contribution in [0.25, 0.3) is 6.08 Å². The highest BCUT2D eigenvalue weighted by Crippen LogP contribution is 2.35. The molecule has 2 heterocycles. The molecule has 202 valence electrons. The zero-order valence-corrected chi connectivity index (χ0v) is 23.3. The van der Waals surface area contributed by atoms with Gasteiger partial charge >= 0.3 is 0 Å². The number of Topliss-reactive ketones (excluding diaryl/α,β-unsaturated/α-hetero) is 1. The molecule has 0 atom stereocenters. The molecule has 1 saturated heterocycles. The number of rotatable bonds is 8. The number of hydrogen-bond donors (Lipinski definition) is 1. The van der Waals surface area contributed by atoms with Crippen LogP contribution in [0.15, 0.2) is 34.7 Å². The molecule has 3 aliphatic rings. The Bertz CT molecular complexity index is 1150. The minimum absolute atomic E-state index is 0.0716. The molecular formula is C29H41N3O4S. The maximum Gasteiger partial charge on any atom is 0.253 e. The minimum atomic E-state index is -3.61. The molecule has 1 amide bonds. The largest absolute Gasteiger partial charge is 0.312 e. The van der Waals surface area contributed by atoms with Gasteiger partial charge in [0.15, 0.2) is 0 Å². The number of amides is 1. The molecule has 7 nitrogen and oxygen atoms in total. The first-order valence-corrected chi connectivity index (χ1v) is 15.2. The van der Waals surface area contributed by atoms with Crippen molar-refractivity contribution in [2.24, 2.45) is 16.3 Å². The van der Waals surface area contributed by atoms with E-state index in [0.717, 1.165) is 36.2 Å². The van der Waals surface area contributed by atoms with Gasteiger partial charge in [-0.15, -0.1) is 0 Å². The third-order valence-electron chi connectivity index (χ3n) is 7.87. The fourth-order valence-electron chi connectivity index (χ4n) is 5.39. The quantitative estimate of drug-likeness (QED) is 0.522. The number of carbonyl (C=O) groups excluding carboxylic acids is 2. The van der Waals surface area contributed by atoms with Crippen LogP contribution in [0.2, 0.25) is 0 Å². The van der Waals surface area contributed by atoms with Crippen LogP contribution in [0.4, 0.5) is 0 Å². The van der Waals surface area contributed by atoms with E-state index in [0.29, 0.717) is 31.6 Å². The van der Waals surface area contributed by atoms with Gasteiger partial charge in [0.1, 0.15) is 17.2 Å². The predicted molar refractivity (Wildman–Crippen MR) is 147 cm³/mol. The van der Waals surface area contributed by atoms with Crippen molar-refractivity contribution in [3.8, 4) is 0 Å². The van der Waals surface area contributed by atoms with Gasteiger partial charge in [-0.2, -0.15) is 4.31 Å². The van der Waals surface area contributed by atoms with Gasteiger partial charge in [0.25, 0.3) is 5.91 Å². The number of nitrogens with one attached hydrogen (secondary N) is 1. The molecule has 0 aromatic heterocycles. The van der Waals surface area contributed by atoms with Gasteiger partial charge in [0, 0.05) is 37.3 Å². The second-order valence-corrected chi connectivity index (χ2v) is 13.9. The van der Waals surface area contributed by atoms with Crippen molar-refractivity contribution in [2.45, 2.75) is 90.5 Å². The summed E-state index contributed by atoms with van der Waals surface area (Å²) in [5.74, 6) is 1.29. The Kier molecular flexibility index (Phi) is 8.38. The summed E-state index contributed by atoms with van der Waals surface area (Å²) >= 11 is 0. The molecule has 0 unspecified atom stereocenters. The monoisotopic (exact) mass is 527 g/mol. The maximum atomic E-state index is 13.0. The minimum Gasteiger partial charge on any atom is -0.312 e. The number of carbonyl (C=O) groups is 2. The fraction of sp³-hybridized carbons (Fsp3) is 0.621. The van der Waals surface area contributed by atoms with Gasteiger partial charge in [-0.1, -0.05) is 64.3 Å². The van der Waals surface area contributed by atoms with E-state index in [1.807, 2.05) is 24.3 Å². The van der Waals surface area contributed by atoms with Crippen molar-refractivity contribution < 1.29 is 18.0 Å². The molecule has 2 fully saturated rings. The Morgan fingerprint density at radius 3 is 2.38 bits per heavy atom. The molecule has 2 aliphatic heterocycles. The van der Waals surface area contributed by atoms with Crippen LogP contribution in [0.1, 0.15) is 89.7 Å². The average Bonchev–Trinajstić information content (AvgIpc) is 3.18. The first-order chi connectivity index (χ1) is 17.5. The van der Waals surface area contributed by atoms with Crippen molar-refractivity contribution in [1.29, 1.82) is 0 Å². The SMILES string of the molecule is CC(C)(C)CCC(=O)Cc1ccc(/C=C/S(=O)(=O)N2CCC3(CC2)N=C(C2CCCCC2)NC3=O)cc1. The number of piperidine rings is 1. The highest BCUT2D eigenvalue weighted by Gasteiger charge is 2.48. The molecule has 0 radical (unpaired) electrons. The molecule has 1 spiro atoms. The molecule has 1 N–H and O–H groups in total. The van der Waals surface area contributed by atoms with Crippen LogP contribution < -0.4 is 5.32 Å². The molecule has 1 aromatic carbocycles. The molecule has 4 rings (SSSR count). The van der Waals surface area contributed by atoms with E-state index < -0.39 is 15.6 Å². The molecule has 1 aromatic rings. The topological polar surface area (TPSA) is 95.9 Å². The van der Waals surface area contributed by atoms with E-state index in [-0.39, 0.29) is 30.2 Å². The summed E-state index contributed by atoms with van der Waals surface area (Å²) in [6.45, 7) is 6.94. The van der Waals surface area contributed by atoms with Crippen molar-refractivity contribution in [2.75, 3.05) is 13.1 Å². The Balaban J connectivity index is 1.31. The second-order valence-electron chi connectivity index (χ2n) is 12.1. The third kappa shape index (κ3) is 7.17. The summed E-state index contributed by atoms with van der Waals surface area (Å²) in [6.07, 6.45) is 9.93. The average molecular weight is 528 g/mol. The first-order valence-electron chi connectivity index (χ1n) is 13.7. The molecule has 0 bridgehead atoms. The number of nitrogens with zero attached hydrogens (tertiary/aromatic N) is 2. The van der Waals surface area contributed by atoms with Gasteiger partial charge in [-0.3, -0.25) is 14.6 Å². The van der Waals surface area contributed by atoms with E-state index >= 15 is 0 Å². The van der Waals surface area contributed by atoms with E-state index in [9.17, 15) is 18.0 Å². The van der Waals surface area contributed by atoms with E-state index in [1.165, 1.54) is 29.0 Å². The van der Waals surface area contributed by atoms with Gasteiger partial charge < -0.3 is 5.32 Å². The lowest BCUT2D eigenvalue weighted by Crippen LogP contribution is -2.50. The van der Waals surface area contributed by atoms with Crippen LogP contribution in [-0.2, 0) is 26.0 Å². The van der Waals surface area contributed by atoms with Crippen molar-refractivity contribution in [3.63, 3.8) is 0 Å². The summed E-state index contributed by atoms with van der Waals surface area (Å²) in [7, 11) is -3.61. The Labute approximate surface area is 221 Å². The summed E-state index contributed by atoms with van der Waals surface area (Å²) < 4.78 is 27.4. The van der Waals surface area contributed by atoms with Crippen molar-refractivity contribution >= 4 is 33.6 Å². The highest BCUT2D eigenvalue weighted by molar-refractivity contribution is 7.92. The number of benzene rings is 1. The number of aliphatic imine (C=N–C) groups is 1. The van der Waals surface area contributed by atoms with E-state index in [2.05, 4.69) is 26.1 Å². The van der Waals surface area contributed by atoms with Crippen LogP contribution in [-0.4, -0.2) is 48.9 Å². The first kappa shape index (κ1) is 27.7. The van der Waals surface area contributed by atoms with E-state index in [1.54, 1.807) is 6.08 Å². The lowest BCUT2D eigenvalue weighted by atomic mass is 9.88. The lowest BCUT2D eigenvalue weighted by molar-refractivity contribution is -0.125. The molecule has 1 saturated carbocycles. The Morgan fingerprint density at radius 1 is 1.11 bits per heavy atom. The predicted octanol–water partition coefficient (Wildman–Crippen LogP) is 4.87. The van der Waals surface area contributed by atoms with Gasteiger partial charge in [0.2, 0.25) is 10.0 Å². The number of hydrogen-bond acceptors (Lipinski definition) is 5. The van der Waals surface area contributed by atoms with Gasteiger partial charge in [-0.05, 0) is 54.7 Å². The summed E-state index contributed by atoms with van der Waals surface area (Å²) in [6, 6.07) is 7.45. The van der Waals surface area contributed by atoms with Crippen LogP contribution in [0.3, 0.4) is 0 Å². The molecule has 37 heavy (non-hydrogen) atoms. The lowest BCUT2D eigenvalue weighted by Gasteiger charge is -2.34. The zero-order valence-electron chi connectivity index (χ0n) is 22.5. The highest BCUT2D eigenvalue weighted by atomic mass is 32.2. The summed E-state index contributed by atoms with van der Waals surface area (Å²) in [4.78, 5) is 29.9. The third-order valence-corrected chi connectivity index (χ3v) is 9.43. The van der Waals surface area contributed by atoms with Gasteiger partial charge in [0.05, 0.1) is 0 Å². The number of amidine groups is 1. The van der Waals surface area contributed by atoms with Crippen LogP contribution in [0.5, 0.6) is 0 Å². The van der Waals surface area contributed by atoms with Crippen LogP contribution in [0, 0.1) is 11.3 Å². The summed E-state index contributed by atoms with van der Waals surface area (Å²) in [5.41, 5.74) is 1.02. The number of sulfonamides is 1. The fourth-order valence-corrected chi connectivity index (χ4v) is 6.58. The Hall–Kier alpha value is -2.32. The normalized spacial score (nSPS) is 21.4. The number of ketones is 1. The maximum absolute atomic E-state index is 13.0. The molecule has 8 heteroatoms. The molecule has 1 aliphatic carbocycles. The summed E-state index contributed by atoms with van der Waals surface area (Å²) in [5, 5.41) is 4.26. The Morgan fingerprint density at radius 2 is 1.76 bits per heavy atom. The van der Waals surface area contributed by atoms with Crippen molar-refractivity contribution in [3.05, 3.63) is 40.8 Å². The van der Waals surface area contributed by atoms with E-state index in [4.69, 9.17) is 4.99 Å².